The van der Waals surface area contributed by atoms with Gasteiger partial charge in [0.1, 0.15) is 5.01 Å². The Morgan fingerprint density at radius 1 is 1.40 bits per heavy atom. The Balaban J connectivity index is 2.17. The molecule has 1 fully saturated rings. The summed E-state index contributed by atoms with van der Waals surface area (Å²) in [6, 6.07) is 0. The fourth-order valence-corrected chi connectivity index (χ4v) is 3.43. The van der Waals surface area contributed by atoms with Crippen LogP contribution in [-0.2, 0) is 5.54 Å². The van der Waals surface area contributed by atoms with E-state index in [4.69, 9.17) is 5.73 Å². The molecule has 1 unspecified atom stereocenters. The van der Waals surface area contributed by atoms with Gasteiger partial charge in [0.05, 0.1) is 5.54 Å². The van der Waals surface area contributed by atoms with Gasteiger partial charge < -0.3 is 5.73 Å². The quantitative estimate of drug-likeness (QED) is 0.838. The van der Waals surface area contributed by atoms with Crippen molar-refractivity contribution in [2.45, 2.75) is 51.5 Å². The van der Waals surface area contributed by atoms with Gasteiger partial charge in [-0.1, -0.05) is 19.3 Å². The lowest BCUT2D eigenvalue weighted by molar-refractivity contribution is 0.223. The summed E-state index contributed by atoms with van der Waals surface area (Å²) in [5.74, 6) is 0.622. The van der Waals surface area contributed by atoms with E-state index in [1.807, 2.05) is 6.92 Å². The van der Waals surface area contributed by atoms with Crippen LogP contribution in [0.15, 0.2) is 5.38 Å². The third-order valence-electron chi connectivity index (χ3n) is 3.53. The number of hydrogen-bond donors (Lipinski definition) is 1. The molecule has 1 aliphatic carbocycles. The molecule has 1 aromatic heterocycles. The summed E-state index contributed by atoms with van der Waals surface area (Å²) < 4.78 is 0. The first kappa shape index (κ1) is 11.1. The highest BCUT2D eigenvalue weighted by atomic mass is 32.1. The van der Waals surface area contributed by atoms with Gasteiger partial charge >= 0.3 is 0 Å². The minimum atomic E-state index is -0.209. The van der Waals surface area contributed by atoms with Gasteiger partial charge in [0, 0.05) is 11.1 Å². The van der Waals surface area contributed by atoms with E-state index in [0.717, 1.165) is 10.7 Å². The van der Waals surface area contributed by atoms with Crippen molar-refractivity contribution in [1.82, 2.24) is 4.98 Å². The van der Waals surface area contributed by atoms with E-state index < -0.39 is 0 Å². The van der Waals surface area contributed by atoms with Crippen LogP contribution >= 0.6 is 11.3 Å². The maximum atomic E-state index is 6.47. The van der Waals surface area contributed by atoms with E-state index in [-0.39, 0.29) is 5.54 Å². The SMILES string of the molecule is Cc1csc(C(C)(N)C2CCCCC2)n1. The second-order valence-corrected chi connectivity index (χ2v) is 5.77. The van der Waals surface area contributed by atoms with E-state index in [2.05, 4.69) is 17.3 Å². The molecule has 2 N–H and O–H groups in total. The van der Waals surface area contributed by atoms with Crippen molar-refractivity contribution in [1.29, 1.82) is 0 Å². The van der Waals surface area contributed by atoms with Crippen molar-refractivity contribution in [2.75, 3.05) is 0 Å². The summed E-state index contributed by atoms with van der Waals surface area (Å²) in [5, 5.41) is 3.22. The van der Waals surface area contributed by atoms with E-state index in [1.54, 1.807) is 11.3 Å². The highest BCUT2D eigenvalue weighted by Crippen LogP contribution is 2.38. The number of nitrogens with two attached hydrogens (primary N) is 1. The average molecular weight is 224 g/mol. The molecule has 2 rings (SSSR count). The summed E-state index contributed by atoms with van der Waals surface area (Å²) >= 11 is 1.71. The Morgan fingerprint density at radius 2 is 2.07 bits per heavy atom. The maximum absolute atomic E-state index is 6.47. The molecule has 1 aliphatic rings. The van der Waals surface area contributed by atoms with Crippen LogP contribution in [0.5, 0.6) is 0 Å². The minimum absolute atomic E-state index is 0.209. The summed E-state index contributed by atoms with van der Waals surface area (Å²) in [6.07, 6.45) is 6.59. The second-order valence-electron chi connectivity index (χ2n) is 4.91. The molecular weight excluding hydrogens is 204 g/mol. The third kappa shape index (κ3) is 2.23. The Kier molecular flexibility index (Phi) is 3.12. The number of aromatic nitrogens is 1. The normalized spacial score (nSPS) is 22.6. The monoisotopic (exact) mass is 224 g/mol. The van der Waals surface area contributed by atoms with Crippen LogP contribution in [0.25, 0.3) is 0 Å². The molecule has 84 valence electrons. The third-order valence-corrected chi connectivity index (χ3v) is 4.75. The fraction of sp³-hybridized carbons (Fsp3) is 0.750. The molecule has 0 aliphatic heterocycles. The van der Waals surface area contributed by atoms with Gasteiger partial charge in [0.2, 0.25) is 0 Å². The largest absolute Gasteiger partial charge is 0.319 e. The van der Waals surface area contributed by atoms with E-state index >= 15 is 0 Å². The van der Waals surface area contributed by atoms with Crippen LogP contribution in [0.1, 0.15) is 49.7 Å². The summed E-state index contributed by atoms with van der Waals surface area (Å²) in [7, 11) is 0. The van der Waals surface area contributed by atoms with Crippen LogP contribution < -0.4 is 5.73 Å². The molecule has 1 heterocycles. The molecule has 0 aromatic carbocycles. The highest BCUT2D eigenvalue weighted by molar-refractivity contribution is 7.09. The lowest BCUT2D eigenvalue weighted by atomic mass is 9.76. The lowest BCUT2D eigenvalue weighted by Gasteiger charge is -2.35. The van der Waals surface area contributed by atoms with Crippen molar-refractivity contribution in [3.63, 3.8) is 0 Å². The Morgan fingerprint density at radius 3 is 2.60 bits per heavy atom. The summed E-state index contributed by atoms with van der Waals surface area (Å²) in [4.78, 5) is 4.55. The molecule has 1 atom stereocenters. The van der Waals surface area contributed by atoms with Crippen LogP contribution in [0.2, 0.25) is 0 Å². The van der Waals surface area contributed by atoms with E-state index in [9.17, 15) is 0 Å². The zero-order valence-corrected chi connectivity index (χ0v) is 10.4. The molecule has 15 heavy (non-hydrogen) atoms. The highest BCUT2D eigenvalue weighted by Gasteiger charge is 2.34. The first-order valence-corrected chi connectivity index (χ1v) is 6.70. The molecule has 0 bridgehead atoms. The molecular formula is C12H20N2S. The van der Waals surface area contributed by atoms with Crippen LogP contribution in [0.4, 0.5) is 0 Å². The molecule has 1 aromatic rings. The predicted molar refractivity (Wildman–Crippen MR) is 65.0 cm³/mol. The molecule has 0 radical (unpaired) electrons. The van der Waals surface area contributed by atoms with Gasteiger partial charge in [-0.15, -0.1) is 11.3 Å². The Hall–Kier alpha value is -0.410. The van der Waals surface area contributed by atoms with Gasteiger partial charge in [0.15, 0.2) is 0 Å². The number of nitrogens with zero attached hydrogens (tertiary/aromatic N) is 1. The number of thiazole rings is 1. The number of rotatable bonds is 2. The average Bonchev–Trinajstić information content (AvgIpc) is 2.67. The minimum Gasteiger partial charge on any atom is -0.319 e. The molecule has 3 heteroatoms. The lowest BCUT2D eigenvalue weighted by Crippen LogP contribution is -2.42. The fourth-order valence-electron chi connectivity index (χ4n) is 2.48. The summed E-state index contributed by atoms with van der Waals surface area (Å²) in [5.41, 5.74) is 7.36. The first-order chi connectivity index (χ1) is 7.10. The van der Waals surface area contributed by atoms with Crippen LogP contribution in [0, 0.1) is 12.8 Å². The number of aryl methyl sites for hydroxylation is 1. The van der Waals surface area contributed by atoms with Crippen molar-refractivity contribution in [3.8, 4) is 0 Å². The molecule has 0 saturated heterocycles. The molecule has 2 nitrogen and oxygen atoms in total. The van der Waals surface area contributed by atoms with Gasteiger partial charge in [-0.2, -0.15) is 0 Å². The zero-order valence-electron chi connectivity index (χ0n) is 9.62. The standard InChI is InChI=1S/C12H20N2S/c1-9-8-15-11(14-9)12(2,13)10-6-4-3-5-7-10/h8,10H,3-7,13H2,1-2H3. The second kappa shape index (κ2) is 4.22. The Labute approximate surface area is 95.9 Å². The Bertz CT molecular complexity index is 324. The van der Waals surface area contributed by atoms with Crippen molar-refractivity contribution < 1.29 is 0 Å². The smallest absolute Gasteiger partial charge is 0.113 e. The maximum Gasteiger partial charge on any atom is 0.113 e. The first-order valence-electron chi connectivity index (χ1n) is 5.82. The van der Waals surface area contributed by atoms with E-state index in [0.29, 0.717) is 5.92 Å². The van der Waals surface area contributed by atoms with Gasteiger partial charge in [0.25, 0.3) is 0 Å². The van der Waals surface area contributed by atoms with Crippen molar-refractivity contribution >= 4 is 11.3 Å². The van der Waals surface area contributed by atoms with Crippen molar-refractivity contribution in [2.24, 2.45) is 11.7 Å². The van der Waals surface area contributed by atoms with Crippen LogP contribution in [0.3, 0.4) is 0 Å². The van der Waals surface area contributed by atoms with Gasteiger partial charge in [-0.05, 0) is 32.6 Å². The van der Waals surface area contributed by atoms with Crippen LogP contribution in [-0.4, -0.2) is 4.98 Å². The van der Waals surface area contributed by atoms with Gasteiger partial charge in [-0.25, -0.2) is 4.98 Å². The zero-order chi connectivity index (χ0) is 10.9. The van der Waals surface area contributed by atoms with Gasteiger partial charge in [-0.3, -0.25) is 0 Å². The predicted octanol–water partition coefficient (Wildman–Crippen LogP) is 3.21. The molecule has 0 spiro atoms. The van der Waals surface area contributed by atoms with Crippen molar-refractivity contribution in [3.05, 3.63) is 16.1 Å². The summed E-state index contributed by atoms with van der Waals surface area (Å²) in [6.45, 7) is 4.19. The molecule has 1 saturated carbocycles. The topological polar surface area (TPSA) is 38.9 Å². The van der Waals surface area contributed by atoms with E-state index in [1.165, 1.54) is 32.1 Å². The molecule has 0 amide bonds. The number of hydrogen-bond acceptors (Lipinski definition) is 3.